The van der Waals surface area contributed by atoms with Gasteiger partial charge in [-0.2, -0.15) is 0 Å². The van der Waals surface area contributed by atoms with Gasteiger partial charge in [0.2, 0.25) is 0 Å². The summed E-state index contributed by atoms with van der Waals surface area (Å²) in [5, 5.41) is 2.93. The number of ether oxygens (including phenoxy) is 2. The fourth-order valence-electron chi connectivity index (χ4n) is 1.47. The maximum Gasteiger partial charge on any atom is 0.260 e. The van der Waals surface area contributed by atoms with E-state index in [1.165, 1.54) is 0 Å². The molecule has 0 saturated carbocycles. The first-order valence-electron chi connectivity index (χ1n) is 6.55. The highest BCUT2D eigenvalue weighted by atomic mass is 16.5. The molecule has 1 rings (SSSR count). The third-order valence-electron chi connectivity index (χ3n) is 3.11. The van der Waals surface area contributed by atoms with Gasteiger partial charge in [-0.25, -0.2) is 0 Å². The van der Waals surface area contributed by atoms with Crippen molar-refractivity contribution in [1.29, 1.82) is 0 Å². The Kier molecular flexibility index (Phi) is 5.67. The molecule has 0 aromatic heterocycles. The number of amides is 1. The molecule has 1 aromatic carbocycles. The van der Waals surface area contributed by atoms with E-state index in [1.807, 2.05) is 19.1 Å². The lowest BCUT2D eigenvalue weighted by Gasteiger charge is -2.21. The smallest absolute Gasteiger partial charge is 0.260 e. The Morgan fingerprint density at radius 3 is 2.21 bits per heavy atom. The minimum Gasteiger partial charge on any atom is -0.493 e. The van der Waals surface area contributed by atoms with Gasteiger partial charge in [0.15, 0.2) is 17.6 Å². The number of rotatable bonds is 6. The Labute approximate surface area is 115 Å². The lowest BCUT2D eigenvalue weighted by atomic mass is 10.1. The predicted molar refractivity (Wildman–Crippen MR) is 75.5 cm³/mol. The van der Waals surface area contributed by atoms with Crippen LogP contribution in [0.3, 0.4) is 0 Å². The number of para-hydroxylation sites is 2. The molecule has 1 aromatic rings. The predicted octanol–water partition coefficient (Wildman–Crippen LogP) is 2.62. The molecule has 0 heterocycles. The van der Waals surface area contributed by atoms with E-state index in [0.717, 1.165) is 0 Å². The minimum atomic E-state index is -0.558. The Morgan fingerprint density at radius 2 is 1.68 bits per heavy atom. The van der Waals surface area contributed by atoms with Crippen molar-refractivity contribution >= 4 is 5.91 Å². The van der Waals surface area contributed by atoms with Crippen molar-refractivity contribution in [1.82, 2.24) is 5.32 Å². The van der Waals surface area contributed by atoms with E-state index >= 15 is 0 Å². The highest BCUT2D eigenvalue weighted by Gasteiger charge is 2.19. The Balaban J connectivity index is 2.63. The van der Waals surface area contributed by atoms with Crippen LogP contribution in [0.1, 0.15) is 27.7 Å². The summed E-state index contributed by atoms with van der Waals surface area (Å²) in [6.07, 6.45) is -0.558. The largest absolute Gasteiger partial charge is 0.493 e. The van der Waals surface area contributed by atoms with Crippen LogP contribution >= 0.6 is 0 Å². The van der Waals surface area contributed by atoms with E-state index in [2.05, 4.69) is 19.2 Å². The second-order valence-corrected chi connectivity index (χ2v) is 4.95. The molecule has 2 atom stereocenters. The van der Waals surface area contributed by atoms with E-state index in [4.69, 9.17) is 9.47 Å². The van der Waals surface area contributed by atoms with Crippen molar-refractivity contribution in [2.75, 3.05) is 7.11 Å². The van der Waals surface area contributed by atoms with Gasteiger partial charge < -0.3 is 14.8 Å². The van der Waals surface area contributed by atoms with E-state index < -0.39 is 6.10 Å². The Morgan fingerprint density at radius 1 is 1.11 bits per heavy atom. The molecule has 19 heavy (non-hydrogen) atoms. The average Bonchev–Trinajstić information content (AvgIpc) is 2.38. The van der Waals surface area contributed by atoms with Gasteiger partial charge in [-0.3, -0.25) is 4.79 Å². The first-order valence-corrected chi connectivity index (χ1v) is 6.55. The van der Waals surface area contributed by atoms with Gasteiger partial charge in [0, 0.05) is 6.04 Å². The standard InChI is InChI=1S/C15H23NO3/c1-10(2)11(3)16-15(17)12(4)19-14-9-7-6-8-13(14)18-5/h6-12H,1-5H3,(H,16,17). The molecule has 1 amide bonds. The molecule has 0 fully saturated rings. The minimum absolute atomic E-state index is 0.118. The molecule has 0 aliphatic heterocycles. The molecule has 1 N–H and O–H groups in total. The fourth-order valence-corrected chi connectivity index (χ4v) is 1.47. The van der Waals surface area contributed by atoms with Crippen molar-refractivity contribution in [3.05, 3.63) is 24.3 Å². The van der Waals surface area contributed by atoms with E-state index in [-0.39, 0.29) is 11.9 Å². The molecule has 0 aliphatic rings. The summed E-state index contributed by atoms with van der Waals surface area (Å²) >= 11 is 0. The van der Waals surface area contributed by atoms with Gasteiger partial charge >= 0.3 is 0 Å². The van der Waals surface area contributed by atoms with Crippen molar-refractivity contribution < 1.29 is 14.3 Å². The van der Waals surface area contributed by atoms with Crippen molar-refractivity contribution in [2.45, 2.75) is 39.8 Å². The molecule has 4 nitrogen and oxygen atoms in total. The number of carbonyl (C=O) groups is 1. The van der Waals surface area contributed by atoms with Crippen molar-refractivity contribution in [3.63, 3.8) is 0 Å². The van der Waals surface area contributed by atoms with E-state index in [0.29, 0.717) is 17.4 Å². The average molecular weight is 265 g/mol. The lowest BCUT2D eigenvalue weighted by Crippen LogP contribution is -2.43. The topological polar surface area (TPSA) is 47.6 Å². The maximum absolute atomic E-state index is 12.0. The molecular weight excluding hydrogens is 242 g/mol. The number of benzene rings is 1. The van der Waals surface area contributed by atoms with Crippen LogP contribution in [0.4, 0.5) is 0 Å². The zero-order valence-electron chi connectivity index (χ0n) is 12.3. The van der Waals surface area contributed by atoms with Crippen LogP contribution in [0, 0.1) is 5.92 Å². The van der Waals surface area contributed by atoms with Gasteiger partial charge in [-0.05, 0) is 31.9 Å². The Bertz CT molecular complexity index is 418. The van der Waals surface area contributed by atoms with Gasteiger partial charge in [0.05, 0.1) is 7.11 Å². The highest BCUT2D eigenvalue weighted by Crippen LogP contribution is 2.26. The molecule has 0 aliphatic carbocycles. The zero-order valence-corrected chi connectivity index (χ0v) is 12.3. The summed E-state index contributed by atoms with van der Waals surface area (Å²) in [4.78, 5) is 12.0. The van der Waals surface area contributed by atoms with Crippen LogP contribution in [0.5, 0.6) is 11.5 Å². The Hall–Kier alpha value is -1.71. The number of methoxy groups -OCH3 is 1. The summed E-state index contributed by atoms with van der Waals surface area (Å²) < 4.78 is 10.8. The second-order valence-electron chi connectivity index (χ2n) is 4.95. The lowest BCUT2D eigenvalue weighted by molar-refractivity contribution is -0.128. The third kappa shape index (κ3) is 4.47. The van der Waals surface area contributed by atoms with Crippen LogP contribution in [0.15, 0.2) is 24.3 Å². The molecule has 2 unspecified atom stereocenters. The molecule has 0 radical (unpaired) electrons. The number of hydrogen-bond donors (Lipinski definition) is 1. The van der Waals surface area contributed by atoms with Crippen molar-refractivity contribution in [3.8, 4) is 11.5 Å². The molecule has 4 heteroatoms. The van der Waals surface area contributed by atoms with E-state index in [1.54, 1.807) is 26.2 Å². The summed E-state index contributed by atoms with van der Waals surface area (Å²) in [5.41, 5.74) is 0. The van der Waals surface area contributed by atoms with Gasteiger partial charge in [-0.1, -0.05) is 26.0 Å². The summed E-state index contributed by atoms with van der Waals surface area (Å²) in [7, 11) is 1.58. The normalized spacial score (nSPS) is 13.8. The maximum atomic E-state index is 12.0. The zero-order chi connectivity index (χ0) is 14.4. The van der Waals surface area contributed by atoms with Crippen molar-refractivity contribution in [2.24, 2.45) is 5.92 Å². The molecular formula is C15H23NO3. The summed E-state index contributed by atoms with van der Waals surface area (Å²) in [6, 6.07) is 7.41. The first-order chi connectivity index (χ1) is 8.95. The first kappa shape index (κ1) is 15.3. The van der Waals surface area contributed by atoms with Gasteiger partial charge in [-0.15, -0.1) is 0 Å². The highest BCUT2D eigenvalue weighted by molar-refractivity contribution is 5.81. The molecule has 0 saturated heterocycles. The summed E-state index contributed by atoms with van der Waals surface area (Å²) in [6.45, 7) is 7.85. The summed E-state index contributed by atoms with van der Waals surface area (Å²) in [5.74, 6) is 1.47. The number of carbonyl (C=O) groups excluding carboxylic acids is 1. The van der Waals surface area contributed by atoms with Gasteiger partial charge in [0.25, 0.3) is 5.91 Å². The molecule has 0 bridgehead atoms. The van der Waals surface area contributed by atoms with Gasteiger partial charge in [0.1, 0.15) is 0 Å². The quantitative estimate of drug-likeness (QED) is 0.860. The third-order valence-corrected chi connectivity index (χ3v) is 3.11. The van der Waals surface area contributed by atoms with Crippen LogP contribution in [0.25, 0.3) is 0 Å². The van der Waals surface area contributed by atoms with Crippen LogP contribution in [-0.4, -0.2) is 25.2 Å². The molecule has 106 valence electrons. The number of nitrogens with one attached hydrogen (secondary N) is 1. The number of hydrogen-bond acceptors (Lipinski definition) is 3. The van der Waals surface area contributed by atoms with E-state index in [9.17, 15) is 4.79 Å². The monoisotopic (exact) mass is 265 g/mol. The SMILES string of the molecule is COc1ccccc1OC(C)C(=O)NC(C)C(C)C. The van der Waals surface area contributed by atoms with Crippen LogP contribution in [0.2, 0.25) is 0 Å². The molecule has 0 spiro atoms. The fraction of sp³-hybridized carbons (Fsp3) is 0.533. The van der Waals surface area contributed by atoms with Crippen LogP contribution in [-0.2, 0) is 4.79 Å². The second kappa shape index (κ2) is 7.02. The van der Waals surface area contributed by atoms with Crippen LogP contribution < -0.4 is 14.8 Å².